The molecule has 2 heterocycles. The third kappa shape index (κ3) is 4.23. The fraction of sp³-hybridized carbons (Fsp3) is 0.409. The molecule has 0 aliphatic carbocycles. The van der Waals surface area contributed by atoms with Crippen LogP contribution < -0.4 is 14.8 Å². The summed E-state index contributed by atoms with van der Waals surface area (Å²) in [6, 6.07) is 10.7. The standard InChI is InChI=1S/C22H25NO8/c1-29-15-5-3-12(22-21(28)20(27)19(26)17(9-24)31-22)8-13(15)6-11-2-4-14-16(7-11)30-10-18(25)23-14/h2-5,7-8,17,19-22,24,26-28H,6,9-10H2,1H3,(H,23,25)/t17-,19-,20+,21-,22+/m1/s1. The van der Waals surface area contributed by atoms with Crippen LogP contribution in [0.2, 0.25) is 0 Å². The van der Waals surface area contributed by atoms with Crippen molar-refractivity contribution in [3.8, 4) is 11.5 Å². The lowest BCUT2D eigenvalue weighted by atomic mass is 9.90. The summed E-state index contributed by atoms with van der Waals surface area (Å²) in [7, 11) is 1.55. The number of carbonyl (C=O) groups is 1. The van der Waals surface area contributed by atoms with Crippen molar-refractivity contribution in [3.63, 3.8) is 0 Å². The smallest absolute Gasteiger partial charge is 0.262 e. The molecule has 31 heavy (non-hydrogen) atoms. The maximum atomic E-state index is 11.5. The Morgan fingerprint density at radius 2 is 1.90 bits per heavy atom. The number of fused-ring (bicyclic) bond motifs is 1. The van der Waals surface area contributed by atoms with E-state index in [0.29, 0.717) is 29.2 Å². The lowest BCUT2D eigenvalue weighted by molar-refractivity contribution is -0.231. The van der Waals surface area contributed by atoms with Crippen molar-refractivity contribution in [1.29, 1.82) is 0 Å². The van der Waals surface area contributed by atoms with Crippen molar-refractivity contribution in [2.45, 2.75) is 36.9 Å². The highest BCUT2D eigenvalue weighted by atomic mass is 16.5. The Morgan fingerprint density at radius 3 is 2.65 bits per heavy atom. The summed E-state index contributed by atoms with van der Waals surface area (Å²) in [6.07, 6.45) is -5.66. The molecular weight excluding hydrogens is 406 g/mol. The number of benzene rings is 2. The van der Waals surface area contributed by atoms with Crippen LogP contribution in [0, 0.1) is 0 Å². The topological polar surface area (TPSA) is 138 Å². The third-order valence-corrected chi connectivity index (χ3v) is 5.60. The highest BCUT2D eigenvalue weighted by molar-refractivity contribution is 5.95. The van der Waals surface area contributed by atoms with E-state index in [1.165, 1.54) is 0 Å². The zero-order chi connectivity index (χ0) is 22.1. The zero-order valence-corrected chi connectivity index (χ0v) is 16.9. The van der Waals surface area contributed by atoms with Gasteiger partial charge in [0.15, 0.2) is 6.61 Å². The molecule has 0 spiro atoms. The van der Waals surface area contributed by atoms with E-state index in [4.69, 9.17) is 14.2 Å². The first-order chi connectivity index (χ1) is 14.9. The number of amides is 1. The van der Waals surface area contributed by atoms with Crippen molar-refractivity contribution in [2.24, 2.45) is 0 Å². The predicted molar refractivity (Wildman–Crippen MR) is 109 cm³/mol. The Morgan fingerprint density at radius 1 is 1.10 bits per heavy atom. The second-order valence-corrected chi connectivity index (χ2v) is 7.66. The number of carbonyl (C=O) groups excluding carboxylic acids is 1. The average molecular weight is 431 g/mol. The zero-order valence-electron chi connectivity index (χ0n) is 16.9. The Hall–Kier alpha value is -2.69. The van der Waals surface area contributed by atoms with Crippen molar-refractivity contribution >= 4 is 11.6 Å². The van der Waals surface area contributed by atoms with Crippen LogP contribution in [0.25, 0.3) is 0 Å². The molecule has 2 aromatic rings. The molecule has 2 aromatic carbocycles. The van der Waals surface area contributed by atoms with Gasteiger partial charge in [-0.25, -0.2) is 0 Å². The number of hydrogen-bond acceptors (Lipinski definition) is 8. The van der Waals surface area contributed by atoms with Gasteiger partial charge in [0.2, 0.25) is 0 Å². The predicted octanol–water partition coefficient (Wildman–Crippen LogP) is 0.132. The SMILES string of the molecule is COc1ccc([C@@H]2O[C@H](CO)[C@@H](O)[C@H](O)[C@H]2O)cc1Cc1ccc2c(c1)OCC(=O)N2. The molecule has 0 bridgehead atoms. The molecule has 2 aliphatic heterocycles. The summed E-state index contributed by atoms with van der Waals surface area (Å²) in [6.45, 7) is -0.525. The normalized spacial score (nSPS) is 27.8. The van der Waals surface area contributed by atoms with Gasteiger partial charge in [-0.1, -0.05) is 12.1 Å². The number of aliphatic hydroxyl groups excluding tert-OH is 4. The lowest BCUT2D eigenvalue weighted by Crippen LogP contribution is -2.55. The van der Waals surface area contributed by atoms with Crippen LogP contribution >= 0.6 is 0 Å². The Labute approximate surface area is 178 Å². The van der Waals surface area contributed by atoms with E-state index in [1.54, 1.807) is 31.4 Å². The van der Waals surface area contributed by atoms with Gasteiger partial charge in [0.1, 0.15) is 42.0 Å². The van der Waals surface area contributed by atoms with Crippen LogP contribution in [-0.4, -0.2) is 71.1 Å². The molecule has 0 saturated carbocycles. The summed E-state index contributed by atoms with van der Waals surface area (Å²) in [5.41, 5.74) is 2.91. The highest BCUT2D eigenvalue weighted by Crippen LogP contribution is 2.36. The number of nitrogens with one attached hydrogen (secondary N) is 1. The van der Waals surface area contributed by atoms with Gasteiger partial charge in [-0.3, -0.25) is 4.79 Å². The van der Waals surface area contributed by atoms with Crippen molar-refractivity contribution in [1.82, 2.24) is 0 Å². The number of methoxy groups -OCH3 is 1. The summed E-state index contributed by atoms with van der Waals surface area (Å²) >= 11 is 0. The summed E-state index contributed by atoms with van der Waals surface area (Å²) in [5.74, 6) is 1.01. The van der Waals surface area contributed by atoms with E-state index in [9.17, 15) is 25.2 Å². The summed E-state index contributed by atoms with van der Waals surface area (Å²) in [4.78, 5) is 11.5. The van der Waals surface area contributed by atoms with Crippen molar-refractivity contribution < 1.29 is 39.4 Å². The van der Waals surface area contributed by atoms with Gasteiger partial charge in [0.05, 0.1) is 19.4 Å². The van der Waals surface area contributed by atoms with Gasteiger partial charge in [-0.15, -0.1) is 0 Å². The fourth-order valence-corrected chi connectivity index (χ4v) is 3.94. The quantitative estimate of drug-likeness (QED) is 0.451. The monoisotopic (exact) mass is 431 g/mol. The maximum Gasteiger partial charge on any atom is 0.262 e. The Balaban J connectivity index is 1.62. The molecule has 1 amide bonds. The van der Waals surface area contributed by atoms with Gasteiger partial charge in [-0.2, -0.15) is 0 Å². The molecule has 5 N–H and O–H groups in total. The van der Waals surface area contributed by atoms with Crippen LogP contribution in [0.4, 0.5) is 5.69 Å². The number of aliphatic hydroxyl groups is 4. The molecule has 2 aliphatic rings. The Kier molecular flexibility index (Phi) is 6.12. The first kappa shape index (κ1) is 21.5. The molecule has 0 unspecified atom stereocenters. The minimum absolute atomic E-state index is 0.0353. The molecule has 9 nitrogen and oxygen atoms in total. The first-order valence-electron chi connectivity index (χ1n) is 9.94. The maximum absolute atomic E-state index is 11.5. The number of ether oxygens (including phenoxy) is 3. The van der Waals surface area contributed by atoms with Crippen molar-refractivity contribution in [2.75, 3.05) is 25.6 Å². The van der Waals surface area contributed by atoms with Crippen LogP contribution in [0.3, 0.4) is 0 Å². The largest absolute Gasteiger partial charge is 0.496 e. The minimum Gasteiger partial charge on any atom is -0.496 e. The molecule has 9 heteroatoms. The highest BCUT2D eigenvalue weighted by Gasteiger charge is 2.44. The van der Waals surface area contributed by atoms with Crippen LogP contribution in [0.5, 0.6) is 11.5 Å². The molecule has 0 aromatic heterocycles. The number of rotatable bonds is 5. The van der Waals surface area contributed by atoms with E-state index >= 15 is 0 Å². The van der Waals surface area contributed by atoms with E-state index < -0.39 is 37.1 Å². The van der Waals surface area contributed by atoms with E-state index in [-0.39, 0.29) is 12.5 Å². The minimum atomic E-state index is -1.45. The van der Waals surface area contributed by atoms with Gasteiger partial charge < -0.3 is 40.0 Å². The van der Waals surface area contributed by atoms with Gasteiger partial charge in [-0.05, 0) is 41.0 Å². The second kappa shape index (κ2) is 8.81. The molecule has 1 fully saturated rings. The fourth-order valence-electron chi connectivity index (χ4n) is 3.94. The molecule has 4 rings (SSSR count). The summed E-state index contributed by atoms with van der Waals surface area (Å²) in [5, 5.41) is 42.7. The molecule has 1 saturated heterocycles. The van der Waals surface area contributed by atoms with Crippen molar-refractivity contribution in [3.05, 3.63) is 53.1 Å². The number of hydrogen-bond donors (Lipinski definition) is 5. The van der Waals surface area contributed by atoms with Crippen LogP contribution in [0.1, 0.15) is 22.8 Å². The first-order valence-corrected chi connectivity index (χ1v) is 9.94. The van der Waals surface area contributed by atoms with Gasteiger partial charge in [0.25, 0.3) is 5.91 Å². The van der Waals surface area contributed by atoms with E-state index in [2.05, 4.69) is 5.32 Å². The number of anilines is 1. The third-order valence-electron chi connectivity index (χ3n) is 5.60. The molecular formula is C22H25NO8. The lowest BCUT2D eigenvalue weighted by Gasteiger charge is -2.40. The van der Waals surface area contributed by atoms with Gasteiger partial charge >= 0.3 is 0 Å². The average Bonchev–Trinajstić information content (AvgIpc) is 2.78. The van der Waals surface area contributed by atoms with Crippen LogP contribution in [0.15, 0.2) is 36.4 Å². The second-order valence-electron chi connectivity index (χ2n) is 7.66. The molecule has 5 atom stereocenters. The van der Waals surface area contributed by atoms with E-state index in [0.717, 1.165) is 11.1 Å². The summed E-state index contributed by atoms with van der Waals surface area (Å²) < 4.78 is 16.6. The molecule has 166 valence electrons. The van der Waals surface area contributed by atoms with Gasteiger partial charge in [0, 0.05) is 6.42 Å². The van der Waals surface area contributed by atoms with Crippen LogP contribution in [-0.2, 0) is 16.0 Å². The molecule has 0 radical (unpaired) electrons. The Bertz CT molecular complexity index is 963. The van der Waals surface area contributed by atoms with E-state index in [1.807, 2.05) is 12.1 Å².